The summed E-state index contributed by atoms with van der Waals surface area (Å²) in [4.78, 5) is 0. The Morgan fingerprint density at radius 1 is 1.12 bits per heavy atom. The van der Waals surface area contributed by atoms with Crippen molar-refractivity contribution in [1.29, 1.82) is 5.26 Å². The number of halogens is 5. The van der Waals surface area contributed by atoms with Gasteiger partial charge in [0.05, 0.1) is 15.6 Å². The Kier molecular flexibility index (Phi) is 4.45. The van der Waals surface area contributed by atoms with Gasteiger partial charge in [0, 0.05) is 12.4 Å². The topological polar surface area (TPSA) is 46.5 Å². The van der Waals surface area contributed by atoms with Crippen LogP contribution in [0.1, 0.15) is 16.8 Å². The normalized spacial score (nSPS) is 11.2. The number of rotatable bonds is 2. The largest absolute Gasteiger partial charge is 0.416 e. The van der Waals surface area contributed by atoms with E-state index in [2.05, 4.69) is 11.0 Å². The Morgan fingerprint density at radius 2 is 1.69 bits per heavy atom. The van der Waals surface area contributed by atoms with E-state index in [0.717, 1.165) is 12.1 Å². The Morgan fingerprint density at radius 3 is 2.15 bits per heavy atom. The SMILES string of the molecule is C#Cc1c(C#N)nn(-c2c(Cl)cc(C(F)(F)F)cc2Cl)c1-n1cccc1. The molecule has 3 aromatic rings. The monoisotopic (exact) mass is 394 g/mol. The fraction of sp³-hybridized carbons (Fsp3) is 0.0588. The smallest absolute Gasteiger partial charge is 0.307 e. The number of benzene rings is 1. The van der Waals surface area contributed by atoms with E-state index in [1.807, 2.05) is 6.07 Å². The minimum Gasteiger partial charge on any atom is -0.307 e. The zero-order valence-corrected chi connectivity index (χ0v) is 14.2. The summed E-state index contributed by atoms with van der Waals surface area (Å²) >= 11 is 12.1. The second-order valence-electron chi connectivity index (χ2n) is 5.09. The molecular weight excluding hydrogens is 388 g/mol. The first kappa shape index (κ1) is 17.9. The highest BCUT2D eigenvalue weighted by molar-refractivity contribution is 6.37. The zero-order valence-electron chi connectivity index (χ0n) is 12.7. The minimum atomic E-state index is -4.61. The highest BCUT2D eigenvalue weighted by Crippen LogP contribution is 2.38. The average molecular weight is 395 g/mol. The molecule has 0 aliphatic rings. The lowest BCUT2D eigenvalue weighted by atomic mass is 10.2. The van der Waals surface area contributed by atoms with E-state index in [1.54, 1.807) is 29.1 Å². The average Bonchev–Trinajstić information content (AvgIpc) is 3.19. The molecule has 0 spiro atoms. The molecule has 1 aromatic carbocycles. The predicted octanol–water partition coefficient (Wildman–Crippen LogP) is 4.84. The number of nitriles is 1. The van der Waals surface area contributed by atoms with Crippen LogP contribution in [0.3, 0.4) is 0 Å². The summed E-state index contributed by atoms with van der Waals surface area (Å²) < 4.78 is 41.6. The molecule has 0 amide bonds. The van der Waals surface area contributed by atoms with Gasteiger partial charge in [0.25, 0.3) is 0 Å². The summed E-state index contributed by atoms with van der Waals surface area (Å²) in [6.45, 7) is 0. The van der Waals surface area contributed by atoms with Crippen molar-refractivity contribution in [2.75, 3.05) is 0 Å². The van der Waals surface area contributed by atoms with Crippen molar-refractivity contribution in [1.82, 2.24) is 14.3 Å². The van der Waals surface area contributed by atoms with Gasteiger partial charge in [0.15, 0.2) is 11.5 Å². The molecule has 3 rings (SSSR count). The molecule has 0 aliphatic heterocycles. The maximum Gasteiger partial charge on any atom is 0.416 e. The minimum absolute atomic E-state index is 0.0111. The van der Waals surface area contributed by atoms with Gasteiger partial charge in [-0.05, 0) is 24.3 Å². The van der Waals surface area contributed by atoms with E-state index in [4.69, 9.17) is 29.6 Å². The van der Waals surface area contributed by atoms with Crippen LogP contribution < -0.4 is 0 Å². The number of nitrogens with zero attached hydrogens (tertiary/aromatic N) is 4. The van der Waals surface area contributed by atoms with Crippen LogP contribution in [0.25, 0.3) is 11.5 Å². The van der Waals surface area contributed by atoms with Crippen molar-refractivity contribution < 1.29 is 13.2 Å². The van der Waals surface area contributed by atoms with E-state index in [-0.39, 0.29) is 32.8 Å². The molecule has 2 heterocycles. The summed E-state index contributed by atoms with van der Waals surface area (Å²) in [5, 5.41) is 12.8. The van der Waals surface area contributed by atoms with Crippen molar-refractivity contribution in [3.63, 3.8) is 0 Å². The van der Waals surface area contributed by atoms with Crippen LogP contribution in [0.15, 0.2) is 36.7 Å². The lowest BCUT2D eigenvalue weighted by Crippen LogP contribution is -2.09. The van der Waals surface area contributed by atoms with E-state index in [9.17, 15) is 18.4 Å². The van der Waals surface area contributed by atoms with Crippen molar-refractivity contribution in [3.05, 3.63) is 63.5 Å². The third-order valence-electron chi connectivity index (χ3n) is 3.52. The van der Waals surface area contributed by atoms with Crippen molar-refractivity contribution in [2.45, 2.75) is 6.18 Å². The van der Waals surface area contributed by atoms with Crippen LogP contribution in [0.4, 0.5) is 13.2 Å². The predicted molar refractivity (Wildman–Crippen MR) is 90.6 cm³/mol. The van der Waals surface area contributed by atoms with Gasteiger partial charge in [-0.1, -0.05) is 29.1 Å². The van der Waals surface area contributed by atoms with Crippen LogP contribution in [-0.4, -0.2) is 14.3 Å². The highest BCUT2D eigenvalue weighted by Gasteiger charge is 2.33. The first-order valence-electron chi connectivity index (χ1n) is 6.97. The van der Waals surface area contributed by atoms with Gasteiger partial charge < -0.3 is 4.57 Å². The summed E-state index contributed by atoms with van der Waals surface area (Å²) in [5.74, 6) is 2.64. The van der Waals surface area contributed by atoms with Gasteiger partial charge in [0.2, 0.25) is 0 Å². The molecule has 0 radical (unpaired) electrons. The standard InChI is InChI=1S/C17H7Cl2F3N4/c1-2-11-14(9-23)24-26(16(11)25-5-3-4-6-25)15-12(18)7-10(8-13(15)19)17(20,21)22/h1,3-8H. The zero-order chi connectivity index (χ0) is 19.1. The maximum absolute atomic E-state index is 12.9. The van der Waals surface area contributed by atoms with E-state index in [0.29, 0.717) is 0 Å². The first-order chi connectivity index (χ1) is 12.3. The second kappa shape index (κ2) is 6.45. The van der Waals surface area contributed by atoms with Crippen LogP contribution in [0, 0.1) is 23.7 Å². The van der Waals surface area contributed by atoms with Gasteiger partial charge in [-0.3, -0.25) is 0 Å². The van der Waals surface area contributed by atoms with Crippen LogP contribution in [0.5, 0.6) is 0 Å². The van der Waals surface area contributed by atoms with E-state index in [1.165, 1.54) is 4.68 Å². The molecule has 4 nitrogen and oxygen atoms in total. The fourth-order valence-electron chi connectivity index (χ4n) is 2.42. The molecule has 26 heavy (non-hydrogen) atoms. The first-order valence-corrected chi connectivity index (χ1v) is 7.73. The van der Waals surface area contributed by atoms with E-state index >= 15 is 0 Å². The summed E-state index contributed by atoms with van der Waals surface area (Å²) in [7, 11) is 0. The molecular formula is C17H7Cl2F3N4. The molecule has 0 aliphatic carbocycles. The number of hydrogen-bond acceptors (Lipinski definition) is 2. The number of hydrogen-bond donors (Lipinski definition) is 0. The Bertz CT molecular complexity index is 1040. The van der Waals surface area contributed by atoms with E-state index < -0.39 is 11.7 Å². The fourth-order valence-corrected chi connectivity index (χ4v) is 3.07. The number of alkyl halides is 3. The Labute approximate surface area is 156 Å². The Hall–Kier alpha value is -2.87. The molecule has 0 saturated carbocycles. The maximum atomic E-state index is 12.9. The molecule has 0 unspecified atom stereocenters. The molecule has 0 fully saturated rings. The number of aromatic nitrogens is 3. The molecule has 0 saturated heterocycles. The van der Waals surface area contributed by atoms with Crippen molar-refractivity contribution in [3.8, 4) is 29.9 Å². The molecule has 0 atom stereocenters. The summed E-state index contributed by atoms with van der Waals surface area (Å²) in [6, 6.07) is 6.76. The third-order valence-corrected chi connectivity index (χ3v) is 4.09. The molecule has 0 bridgehead atoms. The van der Waals surface area contributed by atoms with Gasteiger partial charge in [0.1, 0.15) is 17.3 Å². The summed E-state index contributed by atoms with van der Waals surface area (Å²) in [6.07, 6.45) is 4.17. The van der Waals surface area contributed by atoms with Gasteiger partial charge >= 0.3 is 6.18 Å². The van der Waals surface area contributed by atoms with Crippen LogP contribution in [-0.2, 0) is 6.18 Å². The lowest BCUT2D eigenvalue weighted by molar-refractivity contribution is -0.137. The Balaban J connectivity index is 2.35. The molecule has 130 valence electrons. The summed E-state index contributed by atoms with van der Waals surface area (Å²) in [5.41, 5.74) is -0.925. The molecule has 2 aromatic heterocycles. The highest BCUT2D eigenvalue weighted by atomic mass is 35.5. The number of terminal acetylenes is 1. The van der Waals surface area contributed by atoms with Crippen molar-refractivity contribution in [2.24, 2.45) is 0 Å². The van der Waals surface area contributed by atoms with Gasteiger partial charge in [-0.25, -0.2) is 4.68 Å². The van der Waals surface area contributed by atoms with Gasteiger partial charge in [-0.2, -0.15) is 23.5 Å². The van der Waals surface area contributed by atoms with Gasteiger partial charge in [-0.15, -0.1) is 6.42 Å². The second-order valence-corrected chi connectivity index (χ2v) is 5.91. The molecule has 0 N–H and O–H groups in total. The van der Waals surface area contributed by atoms with Crippen LogP contribution in [0.2, 0.25) is 10.0 Å². The lowest BCUT2D eigenvalue weighted by Gasteiger charge is -2.15. The van der Waals surface area contributed by atoms with Crippen LogP contribution >= 0.6 is 23.2 Å². The molecule has 9 heteroatoms. The third kappa shape index (κ3) is 2.92. The quantitative estimate of drug-likeness (QED) is 0.583. The van der Waals surface area contributed by atoms with Crippen molar-refractivity contribution >= 4 is 23.2 Å².